The first-order valence-corrected chi connectivity index (χ1v) is 7.21. The second-order valence-electron chi connectivity index (χ2n) is 4.44. The van der Waals surface area contributed by atoms with Gasteiger partial charge in [0.15, 0.2) is 0 Å². The van der Waals surface area contributed by atoms with Crippen LogP contribution in [-0.4, -0.2) is 9.78 Å². The number of rotatable bonds is 4. The van der Waals surface area contributed by atoms with Crippen LogP contribution in [0.25, 0.3) is 0 Å². The van der Waals surface area contributed by atoms with Crippen molar-refractivity contribution >= 4 is 22.6 Å². The molecule has 0 spiro atoms. The molecule has 0 saturated carbocycles. The van der Waals surface area contributed by atoms with Gasteiger partial charge in [-0.2, -0.15) is 5.10 Å². The molecule has 4 heteroatoms. The number of hydrogen-bond acceptors (Lipinski definition) is 2. The summed E-state index contributed by atoms with van der Waals surface area (Å²) in [6, 6.07) is 10.4. The lowest BCUT2D eigenvalue weighted by molar-refractivity contribution is 0.636. The molecule has 0 aliphatic heterocycles. The highest BCUT2D eigenvalue weighted by atomic mass is 127. The minimum absolute atomic E-state index is 0.0261. The van der Waals surface area contributed by atoms with E-state index in [0.29, 0.717) is 0 Å². The van der Waals surface area contributed by atoms with Gasteiger partial charge in [0.1, 0.15) is 0 Å². The highest BCUT2D eigenvalue weighted by Crippen LogP contribution is 2.21. The summed E-state index contributed by atoms with van der Waals surface area (Å²) in [6.07, 6.45) is 1.79. The Morgan fingerprint density at radius 3 is 2.72 bits per heavy atom. The largest absolute Gasteiger partial charge is 0.324 e. The second-order valence-corrected chi connectivity index (χ2v) is 5.60. The van der Waals surface area contributed by atoms with E-state index >= 15 is 0 Å². The fraction of sp³-hybridized carbons (Fsp3) is 0.357. The van der Waals surface area contributed by atoms with Crippen molar-refractivity contribution in [2.45, 2.75) is 25.8 Å². The molecule has 0 aliphatic rings. The van der Waals surface area contributed by atoms with E-state index < -0.39 is 0 Å². The van der Waals surface area contributed by atoms with Crippen LogP contribution in [0.4, 0.5) is 0 Å². The molecule has 0 saturated heterocycles. The van der Waals surface area contributed by atoms with Crippen LogP contribution in [0.15, 0.2) is 30.3 Å². The Kier molecular flexibility index (Phi) is 4.40. The van der Waals surface area contributed by atoms with Gasteiger partial charge >= 0.3 is 0 Å². The average Bonchev–Trinajstić information content (AvgIpc) is 2.70. The predicted molar refractivity (Wildman–Crippen MR) is 82.4 cm³/mol. The van der Waals surface area contributed by atoms with Gasteiger partial charge in [0.05, 0.1) is 5.69 Å². The Morgan fingerprint density at radius 2 is 2.11 bits per heavy atom. The zero-order valence-electron chi connectivity index (χ0n) is 10.7. The molecular formula is C14H18IN3. The molecule has 1 heterocycles. The van der Waals surface area contributed by atoms with Crippen LogP contribution in [0.3, 0.4) is 0 Å². The summed E-state index contributed by atoms with van der Waals surface area (Å²) >= 11 is 2.34. The standard InChI is InChI=1S/C14H18IN3/c1-3-10-8-11(18(2)17-10)9-14(16)12-6-4-5-7-13(12)15/h4-8,14H,3,9,16H2,1-2H3. The maximum absolute atomic E-state index is 6.30. The van der Waals surface area contributed by atoms with Crippen LogP contribution in [-0.2, 0) is 19.9 Å². The molecule has 1 unspecified atom stereocenters. The number of nitrogens with zero attached hydrogens (tertiary/aromatic N) is 2. The SMILES string of the molecule is CCc1cc(CC(N)c2ccccc2I)n(C)n1. The molecule has 0 aliphatic carbocycles. The molecule has 3 nitrogen and oxygen atoms in total. The van der Waals surface area contributed by atoms with E-state index in [-0.39, 0.29) is 6.04 Å². The van der Waals surface area contributed by atoms with Crippen LogP contribution >= 0.6 is 22.6 Å². The smallest absolute Gasteiger partial charge is 0.0624 e. The second kappa shape index (κ2) is 5.84. The van der Waals surface area contributed by atoms with Gasteiger partial charge in [0.25, 0.3) is 0 Å². The van der Waals surface area contributed by atoms with Gasteiger partial charge in [-0.1, -0.05) is 25.1 Å². The summed E-state index contributed by atoms with van der Waals surface area (Å²) in [5.74, 6) is 0. The van der Waals surface area contributed by atoms with Crippen molar-refractivity contribution in [1.29, 1.82) is 0 Å². The molecule has 1 atom stereocenters. The molecule has 0 radical (unpaired) electrons. The molecule has 0 fully saturated rings. The molecule has 0 amide bonds. The summed E-state index contributed by atoms with van der Waals surface area (Å²) in [5, 5.41) is 4.46. The van der Waals surface area contributed by atoms with Crippen LogP contribution in [0.1, 0.15) is 29.9 Å². The Hall–Kier alpha value is -0.880. The quantitative estimate of drug-likeness (QED) is 0.858. The summed E-state index contributed by atoms with van der Waals surface area (Å²) in [4.78, 5) is 0. The summed E-state index contributed by atoms with van der Waals surface area (Å²) in [6.45, 7) is 2.12. The normalized spacial score (nSPS) is 12.7. The zero-order chi connectivity index (χ0) is 13.1. The lowest BCUT2D eigenvalue weighted by Crippen LogP contribution is -2.16. The van der Waals surface area contributed by atoms with E-state index in [1.807, 2.05) is 23.9 Å². The predicted octanol–water partition coefficient (Wildman–Crippen LogP) is 2.83. The average molecular weight is 355 g/mol. The van der Waals surface area contributed by atoms with Crippen molar-refractivity contribution in [3.8, 4) is 0 Å². The zero-order valence-corrected chi connectivity index (χ0v) is 12.9. The van der Waals surface area contributed by atoms with Gasteiger partial charge in [-0.25, -0.2) is 0 Å². The van der Waals surface area contributed by atoms with E-state index in [0.717, 1.165) is 18.5 Å². The van der Waals surface area contributed by atoms with Crippen LogP contribution in [0, 0.1) is 3.57 Å². The van der Waals surface area contributed by atoms with Gasteiger partial charge in [-0.05, 0) is 46.7 Å². The monoisotopic (exact) mass is 355 g/mol. The Bertz CT molecular complexity index is 534. The van der Waals surface area contributed by atoms with Crippen molar-refractivity contribution in [3.63, 3.8) is 0 Å². The van der Waals surface area contributed by atoms with Crippen molar-refractivity contribution in [1.82, 2.24) is 9.78 Å². The summed E-state index contributed by atoms with van der Waals surface area (Å²) in [5.41, 5.74) is 9.83. The fourth-order valence-corrected chi connectivity index (χ4v) is 2.83. The third kappa shape index (κ3) is 2.92. The Labute approximate surface area is 122 Å². The van der Waals surface area contributed by atoms with Crippen LogP contribution in [0.2, 0.25) is 0 Å². The topological polar surface area (TPSA) is 43.8 Å². The first-order chi connectivity index (χ1) is 8.61. The van der Waals surface area contributed by atoms with E-state index in [1.165, 1.54) is 14.8 Å². The minimum atomic E-state index is 0.0261. The number of aromatic nitrogens is 2. The first kappa shape index (κ1) is 13.5. The molecule has 1 aromatic carbocycles. The highest BCUT2D eigenvalue weighted by molar-refractivity contribution is 14.1. The summed E-state index contributed by atoms with van der Waals surface area (Å²) < 4.78 is 3.16. The van der Waals surface area contributed by atoms with Crippen LogP contribution < -0.4 is 5.73 Å². The number of benzene rings is 1. The number of halogens is 1. The third-order valence-corrected chi connectivity index (χ3v) is 4.11. The minimum Gasteiger partial charge on any atom is -0.324 e. The maximum Gasteiger partial charge on any atom is 0.0624 e. The molecule has 0 bridgehead atoms. The molecule has 1 aromatic heterocycles. The van der Waals surface area contributed by atoms with Crippen molar-refractivity contribution in [3.05, 3.63) is 50.9 Å². The lowest BCUT2D eigenvalue weighted by atomic mass is 10.0. The van der Waals surface area contributed by atoms with Crippen LogP contribution in [0.5, 0.6) is 0 Å². The van der Waals surface area contributed by atoms with E-state index in [9.17, 15) is 0 Å². The lowest BCUT2D eigenvalue weighted by Gasteiger charge is -2.13. The van der Waals surface area contributed by atoms with Crippen molar-refractivity contribution in [2.24, 2.45) is 12.8 Å². The fourth-order valence-electron chi connectivity index (χ4n) is 2.05. The number of hydrogen-bond donors (Lipinski definition) is 1. The number of nitrogens with two attached hydrogens (primary N) is 1. The van der Waals surface area contributed by atoms with Gasteiger partial charge in [0, 0.05) is 28.8 Å². The van der Waals surface area contributed by atoms with Gasteiger partial charge in [0.2, 0.25) is 0 Å². The van der Waals surface area contributed by atoms with Crippen molar-refractivity contribution < 1.29 is 0 Å². The van der Waals surface area contributed by atoms with Gasteiger partial charge in [-0.3, -0.25) is 4.68 Å². The van der Waals surface area contributed by atoms with E-state index in [4.69, 9.17) is 5.73 Å². The van der Waals surface area contributed by atoms with Gasteiger partial charge in [-0.15, -0.1) is 0 Å². The number of aryl methyl sites for hydroxylation is 2. The van der Waals surface area contributed by atoms with Crippen molar-refractivity contribution in [2.75, 3.05) is 0 Å². The Morgan fingerprint density at radius 1 is 1.39 bits per heavy atom. The molecule has 18 heavy (non-hydrogen) atoms. The molecule has 2 N–H and O–H groups in total. The molecule has 96 valence electrons. The van der Waals surface area contributed by atoms with E-state index in [2.05, 4.69) is 52.8 Å². The molecule has 2 aromatic rings. The highest BCUT2D eigenvalue weighted by Gasteiger charge is 2.13. The maximum atomic E-state index is 6.30. The summed E-state index contributed by atoms with van der Waals surface area (Å²) in [7, 11) is 1.98. The molecular weight excluding hydrogens is 337 g/mol. The molecule has 2 rings (SSSR count). The Balaban J connectivity index is 2.18. The van der Waals surface area contributed by atoms with Gasteiger partial charge < -0.3 is 5.73 Å². The third-order valence-electron chi connectivity index (χ3n) is 3.12. The first-order valence-electron chi connectivity index (χ1n) is 6.13. The van der Waals surface area contributed by atoms with E-state index in [1.54, 1.807) is 0 Å².